The van der Waals surface area contributed by atoms with Crippen molar-refractivity contribution >= 4 is 22.9 Å². The van der Waals surface area contributed by atoms with Crippen molar-refractivity contribution < 1.29 is 4.39 Å². The fourth-order valence-corrected chi connectivity index (χ4v) is 1.45. The molecule has 0 heterocycles. The van der Waals surface area contributed by atoms with Crippen molar-refractivity contribution in [1.82, 2.24) is 0 Å². The van der Waals surface area contributed by atoms with E-state index in [4.69, 9.17) is 18.0 Å². The minimum Gasteiger partial charge on any atom is -0.393 e. The van der Waals surface area contributed by atoms with Gasteiger partial charge in [-0.2, -0.15) is 0 Å². The number of nitrogens with zero attached hydrogens (tertiary/aromatic N) is 1. The Morgan fingerprint density at radius 2 is 2.14 bits per heavy atom. The third-order valence-corrected chi connectivity index (χ3v) is 2.04. The van der Waals surface area contributed by atoms with E-state index >= 15 is 0 Å². The van der Waals surface area contributed by atoms with Gasteiger partial charge in [-0.1, -0.05) is 18.3 Å². The Balaban J connectivity index is 3.08. The highest BCUT2D eigenvalue weighted by atomic mass is 32.1. The summed E-state index contributed by atoms with van der Waals surface area (Å²) in [6.45, 7) is 0. The van der Waals surface area contributed by atoms with Crippen LogP contribution in [0.5, 0.6) is 0 Å². The van der Waals surface area contributed by atoms with Crippen LogP contribution in [0, 0.1) is 5.82 Å². The van der Waals surface area contributed by atoms with Crippen molar-refractivity contribution in [1.29, 1.82) is 0 Å². The van der Waals surface area contributed by atoms with Gasteiger partial charge in [-0.15, -0.1) is 0 Å². The molecule has 0 bridgehead atoms. The molecule has 2 N–H and O–H groups in total. The average molecular weight is 212 g/mol. The summed E-state index contributed by atoms with van der Waals surface area (Å²) in [5.41, 5.74) is 7.22. The molecule has 0 unspecified atom stereocenters. The molecule has 1 rings (SSSR count). The molecule has 0 spiro atoms. The number of hydrogen-bond donors (Lipinski definition) is 1. The van der Waals surface area contributed by atoms with Crippen LogP contribution in [-0.4, -0.2) is 19.1 Å². The lowest BCUT2D eigenvalue weighted by Crippen LogP contribution is -2.16. The van der Waals surface area contributed by atoms with E-state index in [1.807, 2.05) is 19.0 Å². The van der Waals surface area contributed by atoms with Crippen LogP contribution in [0.3, 0.4) is 0 Å². The highest BCUT2D eigenvalue weighted by molar-refractivity contribution is 7.80. The molecule has 4 heteroatoms. The second kappa shape index (κ2) is 4.37. The highest BCUT2D eigenvalue weighted by Gasteiger charge is 2.06. The first-order valence-corrected chi connectivity index (χ1v) is 4.65. The number of hydrogen-bond acceptors (Lipinski definition) is 2. The quantitative estimate of drug-likeness (QED) is 0.774. The fourth-order valence-electron chi connectivity index (χ4n) is 1.29. The summed E-state index contributed by atoms with van der Waals surface area (Å²) in [6.07, 6.45) is 0.503. The summed E-state index contributed by atoms with van der Waals surface area (Å²) in [4.78, 5) is 2.26. The van der Waals surface area contributed by atoms with Crippen LogP contribution in [0.25, 0.3) is 0 Å². The lowest BCUT2D eigenvalue weighted by atomic mass is 10.1. The van der Waals surface area contributed by atoms with Crippen LogP contribution in [0.4, 0.5) is 10.1 Å². The first-order valence-electron chi connectivity index (χ1n) is 4.24. The van der Waals surface area contributed by atoms with E-state index in [0.29, 0.717) is 11.4 Å². The standard InChI is InChI=1S/C10H13FN2S/c1-13(2)9-6-8(11)4-3-7(9)5-10(12)14/h3-4,6H,5H2,1-2H3,(H2,12,14). The second-order valence-electron chi connectivity index (χ2n) is 3.31. The van der Waals surface area contributed by atoms with Gasteiger partial charge in [-0.3, -0.25) is 0 Å². The van der Waals surface area contributed by atoms with Gasteiger partial charge in [0.15, 0.2) is 0 Å². The smallest absolute Gasteiger partial charge is 0.125 e. The van der Waals surface area contributed by atoms with Gasteiger partial charge >= 0.3 is 0 Å². The molecule has 0 saturated carbocycles. The van der Waals surface area contributed by atoms with Gasteiger partial charge in [0, 0.05) is 26.2 Å². The van der Waals surface area contributed by atoms with Gasteiger partial charge in [0.05, 0.1) is 4.99 Å². The van der Waals surface area contributed by atoms with Crippen molar-refractivity contribution in [3.05, 3.63) is 29.6 Å². The molecule has 0 radical (unpaired) electrons. The molecule has 0 amide bonds. The Hall–Kier alpha value is -1.16. The van der Waals surface area contributed by atoms with Crippen LogP contribution in [0.2, 0.25) is 0 Å². The zero-order chi connectivity index (χ0) is 10.7. The Labute approximate surface area is 88.5 Å². The molecule has 0 atom stereocenters. The number of thiocarbonyl (C=S) groups is 1. The summed E-state index contributed by atoms with van der Waals surface area (Å²) in [5.74, 6) is -0.250. The van der Waals surface area contributed by atoms with Gasteiger partial charge < -0.3 is 10.6 Å². The molecule has 1 aromatic rings. The largest absolute Gasteiger partial charge is 0.393 e. The second-order valence-corrected chi connectivity index (χ2v) is 3.83. The van der Waals surface area contributed by atoms with Crippen LogP contribution >= 0.6 is 12.2 Å². The van der Waals surface area contributed by atoms with Gasteiger partial charge in [-0.25, -0.2) is 4.39 Å². The average Bonchev–Trinajstić information content (AvgIpc) is 2.07. The molecule has 0 saturated heterocycles. The maximum Gasteiger partial charge on any atom is 0.125 e. The third-order valence-electron chi connectivity index (χ3n) is 1.89. The van der Waals surface area contributed by atoms with E-state index < -0.39 is 0 Å². The fraction of sp³-hybridized carbons (Fsp3) is 0.300. The molecule has 1 aromatic carbocycles. The van der Waals surface area contributed by atoms with E-state index in [1.165, 1.54) is 12.1 Å². The first kappa shape index (κ1) is 10.9. The summed E-state index contributed by atoms with van der Waals surface area (Å²) in [5, 5.41) is 0. The van der Waals surface area contributed by atoms with Crippen molar-refractivity contribution in [2.75, 3.05) is 19.0 Å². The Morgan fingerprint density at radius 1 is 1.50 bits per heavy atom. The Bertz CT molecular complexity index is 350. The summed E-state index contributed by atoms with van der Waals surface area (Å²) in [6, 6.07) is 4.61. The van der Waals surface area contributed by atoms with Crippen molar-refractivity contribution in [3.8, 4) is 0 Å². The molecule has 0 aliphatic carbocycles. The molecule has 76 valence electrons. The lowest BCUT2D eigenvalue weighted by Gasteiger charge is -2.17. The minimum absolute atomic E-state index is 0.250. The van der Waals surface area contributed by atoms with Crippen LogP contribution < -0.4 is 10.6 Å². The SMILES string of the molecule is CN(C)c1cc(F)ccc1CC(N)=S. The number of anilines is 1. The summed E-state index contributed by atoms with van der Waals surface area (Å²) in [7, 11) is 3.72. The van der Waals surface area contributed by atoms with Gasteiger partial charge in [0.2, 0.25) is 0 Å². The molecule has 0 aliphatic heterocycles. The van der Waals surface area contributed by atoms with Crippen molar-refractivity contribution in [2.24, 2.45) is 5.73 Å². The maximum atomic E-state index is 13.0. The monoisotopic (exact) mass is 212 g/mol. The normalized spacial score (nSPS) is 9.93. The predicted octanol–water partition coefficient (Wildman–Crippen LogP) is 1.72. The molecule has 0 aliphatic rings. The molecule has 0 aromatic heterocycles. The van der Waals surface area contributed by atoms with Gasteiger partial charge in [0.25, 0.3) is 0 Å². The first-order chi connectivity index (χ1) is 6.50. The molecular formula is C10H13FN2S. The Kier molecular flexibility index (Phi) is 3.41. The van der Waals surface area contributed by atoms with Crippen LogP contribution in [0.1, 0.15) is 5.56 Å². The zero-order valence-electron chi connectivity index (χ0n) is 8.25. The molecular weight excluding hydrogens is 199 g/mol. The number of nitrogens with two attached hydrogens (primary N) is 1. The lowest BCUT2D eigenvalue weighted by molar-refractivity contribution is 0.627. The summed E-state index contributed by atoms with van der Waals surface area (Å²) < 4.78 is 13.0. The van der Waals surface area contributed by atoms with E-state index in [1.54, 1.807) is 6.07 Å². The van der Waals surface area contributed by atoms with E-state index in [0.717, 1.165) is 11.3 Å². The van der Waals surface area contributed by atoms with Gasteiger partial charge in [-0.05, 0) is 17.7 Å². The zero-order valence-corrected chi connectivity index (χ0v) is 9.07. The number of rotatable bonds is 3. The van der Waals surface area contributed by atoms with Crippen molar-refractivity contribution in [2.45, 2.75) is 6.42 Å². The number of benzene rings is 1. The van der Waals surface area contributed by atoms with E-state index in [-0.39, 0.29) is 5.82 Å². The molecule has 14 heavy (non-hydrogen) atoms. The van der Waals surface area contributed by atoms with Gasteiger partial charge in [0.1, 0.15) is 5.82 Å². The maximum absolute atomic E-state index is 13.0. The highest BCUT2D eigenvalue weighted by Crippen LogP contribution is 2.20. The molecule has 0 fully saturated rings. The Morgan fingerprint density at radius 3 is 2.64 bits per heavy atom. The van der Waals surface area contributed by atoms with Crippen LogP contribution in [0.15, 0.2) is 18.2 Å². The van der Waals surface area contributed by atoms with E-state index in [2.05, 4.69) is 0 Å². The van der Waals surface area contributed by atoms with E-state index in [9.17, 15) is 4.39 Å². The minimum atomic E-state index is -0.250. The van der Waals surface area contributed by atoms with Crippen LogP contribution in [-0.2, 0) is 6.42 Å². The topological polar surface area (TPSA) is 29.3 Å². The summed E-state index contributed by atoms with van der Waals surface area (Å²) >= 11 is 4.82. The van der Waals surface area contributed by atoms with Crippen molar-refractivity contribution in [3.63, 3.8) is 0 Å². The predicted molar refractivity (Wildman–Crippen MR) is 61.2 cm³/mol. The number of halogens is 1. The third kappa shape index (κ3) is 2.67. The molecule has 2 nitrogen and oxygen atoms in total.